The van der Waals surface area contributed by atoms with E-state index in [0.717, 1.165) is 16.6 Å². The first-order valence-electron chi connectivity index (χ1n) is 7.31. The van der Waals surface area contributed by atoms with E-state index < -0.39 is 10.0 Å². The Hall–Kier alpha value is -0.210. The van der Waals surface area contributed by atoms with Gasteiger partial charge in [0.05, 0.1) is 3.79 Å². The molecule has 2 aromatic rings. The molecule has 1 aliphatic rings. The van der Waals surface area contributed by atoms with E-state index in [1.54, 1.807) is 23.5 Å². The first-order valence-corrected chi connectivity index (χ1v) is 11.3. The summed E-state index contributed by atoms with van der Waals surface area (Å²) in [5.74, 6) is 0. The van der Waals surface area contributed by atoms with E-state index in [-0.39, 0.29) is 5.41 Å². The van der Waals surface area contributed by atoms with Gasteiger partial charge in [-0.25, -0.2) is 13.1 Å². The van der Waals surface area contributed by atoms with Crippen LogP contribution in [-0.2, 0) is 15.4 Å². The van der Waals surface area contributed by atoms with Gasteiger partial charge in [0.15, 0.2) is 0 Å². The van der Waals surface area contributed by atoms with Crippen molar-refractivity contribution in [3.05, 3.63) is 38.3 Å². The summed E-state index contributed by atoms with van der Waals surface area (Å²) in [5.41, 5.74) is -0.0338. The van der Waals surface area contributed by atoms with Crippen LogP contribution in [0.15, 0.2) is 37.6 Å². The summed E-state index contributed by atoms with van der Waals surface area (Å²) in [7, 11) is -3.42. The van der Waals surface area contributed by atoms with E-state index in [4.69, 9.17) is 0 Å². The zero-order valence-corrected chi connectivity index (χ0v) is 16.1. The molecule has 1 N–H and O–H groups in total. The molecule has 7 heteroatoms. The van der Waals surface area contributed by atoms with E-state index in [1.807, 2.05) is 0 Å². The number of hydrogen-bond acceptors (Lipinski definition) is 4. The molecular formula is C15H18BrNO2S3. The van der Waals surface area contributed by atoms with Crippen molar-refractivity contribution in [2.45, 2.75) is 41.7 Å². The molecule has 2 heterocycles. The van der Waals surface area contributed by atoms with Gasteiger partial charge in [-0.3, -0.25) is 0 Å². The maximum atomic E-state index is 12.5. The zero-order chi connectivity index (χ0) is 15.6. The monoisotopic (exact) mass is 419 g/mol. The van der Waals surface area contributed by atoms with E-state index in [0.29, 0.717) is 10.8 Å². The Morgan fingerprint density at radius 1 is 1.18 bits per heavy atom. The minimum absolute atomic E-state index is 0.0338. The van der Waals surface area contributed by atoms with Crippen molar-refractivity contribution in [2.75, 3.05) is 6.54 Å². The fourth-order valence-electron chi connectivity index (χ4n) is 3.07. The predicted octanol–water partition coefficient (Wildman–Crippen LogP) is 4.75. The largest absolute Gasteiger partial charge is 0.250 e. The van der Waals surface area contributed by atoms with Gasteiger partial charge in [0.25, 0.3) is 0 Å². The van der Waals surface area contributed by atoms with Gasteiger partial charge in [-0.1, -0.05) is 25.3 Å². The van der Waals surface area contributed by atoms with Crippen LogP contribution < -0.4 is 4.72 Å². The second kappa shape index (κ2) is 6.73. The van der Waals surface area contributed by atoms with Gasteiger partial charge >= 0.3 is 0 Å². The summed E-state index contributed by atoms with van der Waals surface area (Å²) in [6.07, 6.45) is 5.71. The highest BCUT2D eigenvalue weighted by molar-refractivity contribution is 9.11. The van der Waals surface area contributed by atoms with Crippen molar-refractivity contribution >= 4 is 48.6 Å². The zero-order valence-electron chi connectivity index (χ0n) is 12.0. The Balaban J connectivity index is 1.80. The molecule has 1 saturated carbocycles. The van der Waals surface area contributed by atoms with Crippen LogP contribution in [0.5, 0.6) is 0 Å². The maximum absolute atomic E-state index is 12.5. The average molecular weight is 420 g/mol. The lowest BCUT2D eigenvalue weighted by atomic mass is 9.73. The van der Waals surface area contributed by atoms with Gasteiger partial charge in [-0.2, -0.15) is 0 Å². The molecule has 2 aromatic heterocycles. The van der Waals surface area contributed by atoms with Gasteiger partial charge in [-0.05, 0) is 52.4 Å². The number of halogens is 1. The molecule has 0 aliphatic heterocycles. The fraction of sp³-hybridized carbons (Fsp3) is 0.467. The highest BCUT2D eigenvalue weighted by atomic mass is 79.9. The Kier molecular flexibility index (Phi) is 5.09. The standard InChI is InChI=1S/C15H18BrNO2S3/c16-13-6-7-14(21-13)22(18,19)17-11-15(8-2-1-3-9-15)12-5-4-10-20-12/h4-7,10,17H,1-3,8-9,11H2. The number of hydrogen-bond donors (Lipinski definition) is 1. The van der Waals surface area contributed by atoms with E-state index in [2.05, 4.69) is 38.2 Å². The fourth-order valence-corrected chi connectivity index (χ4v) is 7.23. The number of rotatable bonds is 5. The van der Waals surface area contributed by atoms with Crippen molar-refractivity contribution in [1.29, 1.82) is 0 Å². The molecule has 0 aromatic carbocycles. The van der Waals surface area contributed by atoms with Crippen molar-refractivity contribution < 1.29 is 8.42 Å². The summed E-state index contributed by atoms with van der Waals surface area (Å²) in [4.78, 5) is 1.31. The molecule has 0 radical (unpaired) electrons. The first kappa shape index (κ1) is 16.6. The third-order valence-electron chi connectivity index (χ3n) is 4.27. The summed E-state index contributed by atoms with van der Waals surface area (Å²) in [6, 6.07) is 7.62. The molecular weight excluding hydrogens is 402 g/mol. The second-order valence-electron chi connectivity index (χ2n) is 5.70. The third-order valence-corrected chi connectivity index (χ3v) is 8.90. The summed E-state index contributed by atoms with van der Waals surface area (Å²) in [5, 5.41) is 2.08. The van der Waals surface area contributed by atoms with Crippen molar-refractivity contribution in [3.63, 3.8) is 0 Å². The molecule has 3 rings (SSSR count). The van der Waals surface area contributed by atoms with Gasteiger partial charge in [0, 0.05) is 16.8 Å². The molecule has 0 unspecified atom stereocenters. The van der Waals surface area contributed by atoms with Crippen LogP contribution in [0.3, 0.4) is 0 Å². The molecule has 0 saturated heterocycles. The predicted molar refractivity (Wildman–Crippen MR) is 96.3 cm³/mol. The molecule has 0 bridgehead atoms. The number of thiophene rings is 2. The number of sulfonamides is 1. The molecule has 0 atom stereocenters. The van der Waals surface area contributed by atoms with E-state index >= 15 is 0 Å². The van der Waals surface area contributed by atoms with Crippen molar-refractivity contribution in [1.82, 2.24) is 4.72 Å². The van der Waals surface area contributed by atoms with Crippen molar-refractivity contribution in [2.24, 2.45) is 0 Å². The van der Waals surface area contributed by atoms with E-state index in [1.165, 1.54) is 35.5 Å². The lowest BCUT2D eigenvalue weighted by Gasteiger charge is -2.36. The summed E-state index contributed by atoms with van der Waals surface area (Å²) >= 11 is 6.31. The normalized spacial score (nSPS) is 18.4. The molecule has 22 heavy (non-hydrogen) atoms. The average Bonchev–Trinajstić information content (AvgIpc) is 3.18. The Morgan fingerprint density at radius 3 is 2.55 bits per heavy atom. The van der Waals surface area contributed by atoms with Crippen LogP contribution >= 0.6 is 38.6 Å². The van der Waals surface area contributed by atoms with Crippen LogP contribution in [0.4, 0.5) is 0 Å². The minimum Gasteiger partial charge on any atom is -0.210 e. The van der Waals surface area contributed by atoms with Crippen LogP contribution in [0.1, 0.15) is 37.0 Å². The van der Waals surface area contributed by atoms with Crippen LogP contribution in [0.25, 0.3) is 0 Å². The van der Waals surface area contributed by atoms with Gasteiger partial charge in [0.1, 0.15) is 4.21 Å². The smallest absolute Gasteiger partial charge is 0.210 e. The van der Waals surface area contributed by atoms with Gasteiger partial charge < -0.3 is 0 Å². The van der Waals surface area contributed by atoms with Crippen LogP contribution in [0.2, 0.25) is 0 Å². The molecule has 1 fully saturated rings. The maximum Gasteiger partial charge on any atom is 0.250 e. The van der Waals surface area contributed by atoms with Crippen LogP contribution in [-0.4, -0.2) is 15.0 Å². The minimum atomic E-state index is -3.42. The Morgan fingerprint density at radius 2 is 1.95 bits per heavy atom. The van der Waals surface area contributed by atoms with Crippen LogP contribution in [0, 0.1) is 0 Å². The first-order chi connectivity index (χ1) is 10.5. The third kappa shape index (κ3) is 3.48. The molecule has 1 aliphatic carbocycles. The topological polar surface area (TPSA) is 46.2 Å². The second-order valence-corrected chi connectivity index (χ2v) is 11.1. The van der Waals surface area contributed by atoms with E-state index in [9.17, 15) is 8.42 Å². The number of nitrogens with one attached hydrogen (secondary N) is 1. The highest BCUT2D eigenvalue weighted by Crippen LogP contribution is 2.41. The Labute approximate surface area is 147 Å². The van der Waals surface area contributed by atoms with Gasteiger partial charge in [0.2, 0.25) is 10.0 Å². The molecule has 120 valence electrons. The highest BCUT2D eigenvalue weighted by Gasteiger charge is 2.36. The van der Waals surface area contributed by atoms with Crippen molar-refractivity contribution in [3.8, 4) is 0 Å². The summed E-state index contributed by atoms with van der Waals surface area (Å²) in [6.45, 7) is 0.491. The van der Waals surface area contributed by atoms with Gasteiger partial charge in [-0.15, -0.1) is 22.7 Å². The summed E-state index contributed by atoms with van der Waals surface area (Å²) < 4.78 is 29.0. The quantitative estimate of drug-likeness (QED) is 0.759. The lowest BCUT2D eigenvalue weighted by molar-refractivity contribution is 0.298. The lowest BCUT2D eigenvalue weighted by Crippen LogP contribution is -2.41. The Bertz CT molecular complexity index is 716. The SMILES string of the molecule is O=S(=O)(NCC1(c2cccs2)CCCCC1)c1ccc(Br)s1. The molecule has 3 nitrogen and oxygen atoms in total. The molecule has 0 amide bonds. The molecule has 0 spiro atoms.